The average Bonchev–Trinajstić information content (AvgIpc) is 2.18. The van der Waals surface area contributed by atoms with Crippen molar-refractivity contribution in [2.24, 2.45) is 5.92 Å². The van der Waals surface area contributed by atoms with Crippen molar-refractivity contribution in [3.63, 3.8) is 0 Å². The van der Waals surface area contributed by atoms with Crippen LogP contribution in [0.25, 0.3) is 0 Å². The van der Waals surface area contributed by atoms with Crippen LogP contribution in [-0.4, -0.2) is 23.3 Å². The second kappa shape index (κ2) is 5.19. The highest BCUT2D eigenvalue weighted by atomic mass is 19.1. The topological polar surface area (TPSA) is 42.4 Å². The summed E-state index contributed by atoms with van der Waals surface area (Å²) in [7, 11) is 1.51. The number of pyridine rings is 1. The lowest BCUT2D eigenvalue weighted by atomic mass is 9.96. The maximum absolute atomic E-state index is 13.3. The summed E-state index contributed by atoms with van der Waals surface area (Å²) in [5.74, 6) is -0.398. The third-order valence-corrected chi connectivity index (χ3v) is 2.36. The van der Waals surface area contributed by atoms with Gasteiger partial charge in [-0.1, -0.05) is 13.8 Å². The highest BCUT2D eigenvalue weighted by Gasteiger charge is 2.25. The van der Waals surface area contributed by atoms with Crippen molar-refractivity contribution >= 4 is 0 Å². The Morgan fingerprint density at radius 1 is 1.47 bits per heavy atom. The Kier molecular flexibility index (Phi) is 4.17. The molecule has 0 amide bonds. The van der Waals surface area contributed by atoms with Crippen molar-refractivity contribution in [3.8, 4) is 0 Å². The molecule has 84 valence electrons. The molecule has 4 heteroatoms. The van der Waals surface area contributed by atoms with E-state index in [4.69, 9.17) is 4.74 Å². The number of hydrogen-bond donors (Lipinski definition) is 1. The van der Waals surface area contributed by atoms with E-state index in [-0.39, 0.29) is 11.5 Å². The van der Waals surface area contributed by atoms with Crippen LogP contribution in [0.3, 0.4) is 0 Å². The largest absolute Gasteiger partial charge is 0.386 e. The van der Waals surface area contributed by atoms with E-state index in [0.29, 0.717) is 0 Å². The summed E-state index contributed by atoms with van der Waals surface area (Å²) in [5, 5.41) is 9.94. The van der Waals surface area contributed by atoms with Crippen molar-refractivity contribution in [3.05, 3.63) is 29.8 Å². The molecule has 0 fully saturated rings. The smallest absolute Gasteiger partial charge is 0.147 e. The number of methoxy groups -OCH3 is 1. The van der Waals surface area contributed by atoms with E-state index in [9.17, 15) is 9.50 Å². The van der Waals surface area contributed by atoms with E-state index in [0.717, 1.165) is 6.20 Å². The molecule has 0 aliphatic carbocycles. The van der Waals surface area contributed by atoms with Crippen LogP contribution in [0.15, 0.2) is 18.5 Å². The highest BCUT2D eigenvalue weighted by molar-refractivity contribution is 5.17. The van der Waals surface area contributed by atoms with Gasteiger partial charge in [0.25, 0.3) is 0 Å². The molecule has 2 unspecified atom stereocenters. The van der Waals surface area contributed by atoms with E-state index >= 15 is 0 Å². The van der Waals surface area contributed by atoms with Crippen LogP contribution in [0, 0.1) is 11.7 Å². The van der Waals surface area contributed by atoms with E-state index in [1.54, 1.807) is 0 Å². The summed E-state index contributed by atoms with van der Waals surface area (Å²) in [6.07, 6.45) is 1.17. The van der Waals surface area contributed by atoms with Gasteiger partial charge in [-0.3, -0.25) is 4.98 Å². The van der Waals surface area contributed by atoms with Crippen LogP contribution in [0.5, 0.6) is 0 Å². The zero-order valence-electron chi connectivity index (χ0n) is 9.14. The molecule has 15 heavy (non-hydrogen) atoms. The highest BCUT2D eigenvalue weighted by Crippen LogP contribution is 2.25. The fraction of sp³-hybridized carbons (Fsp3) is 0.545. The summed E-state index contributed by atoms with van der Waals surface area (Å²) < 4.78 is 18.5. The van der Waals surface area contributed by atoms with Crippen LogP contribution < -0.4 is 0 Å². The predicted octanol–water partition coefficient (Wildman–Crippen LogP) is 1.93. The lowest BCUT2D eigenvalue weighted by Gasteiger charge is -2.25. The predicted molar refractivity (Wildman–Crippen MR) is 54.8 cm³/mol. The van der Waals surface area contributed by atoms with Crippen LogP contribution in [0.2, 0.25) is 0 Å². The Morgan fingerprint density at radius 2 is 2.13 bits per heavy atom. The number of aliphatic hydroxyl groups is 1. The number of aromatic nitrogens is 1. The molecule has 1 aromatic rings. The van der Waals surface area contributed by atoms with Gasteiger partial charge in [0.1, 0.15) is 11.9 Å². The number of aliphatic hydroxyl groups excluding tert-OH is 1. The van der Waals surface area contributed by atoms with Gasteiger partial charge < -0.3 is 9.84 Å². The second-order valence-electron chi connectivity index (χ2n) is 3.79. The molecule has 0 bridgehead atoms. The summed E-state index contributed by atoms with van der Waals surface area (Å²) in [5.41, 5.74) is 0.227. The van der Waals surface area contributed by atoms with Gasteiger partial charge in [0.05, 0.1) is 12.3 Å². The lowest BCUT2D eigenvalue weighted by molar-refractivity contribution is -0.0405. The van der Waals surface area contributed by atoms with Crippen LogP contribution in [0.1, 0.15) is 25.5 Å². The first kappa shape index (κ1) is 12.1. The van der Waals surface area contributed by atoms with E-state index in [1.807, 2.05) is 13.8 Å². The Bertz CT molecular complexity index is 317. The summed E-state index contributed by atoms with van der Waals surface area (Å²) >= 11 is 0. The number of hydrogen-bond acceptors (Lipinski definition) is 3. The summed E-state index contributed by atoms with van der Waals surface area (Å²) in [6, 6.07) is 1.47. The van der Waals surface area contributed by atoms with Crippen LogP contribution in [-0.2, 0) is 4.74 Å². The average molecular weight is 213 g/mol. The third kappa shape index (κ3) is 2.73. The SMILES string of the molecule is COC(C(C)C)C(O)c1ccncc1F. The van der Waals surface area contributed by atoms with Crippen molar-refractivity contribution in [2.75, 3.05) is 7.11 Å². The van der Waals surface area contributed by atoms with Crippen molar-refractivity contribution in [2.45, 2.75) is 26.1 Å². The standard InChI is InChI=1S/C11H16FNO2/c1-7(2)11(15-3)10(14)8-4-5-13-6-9(8)12/h4-7,10-11,14H,1-3H3. The number of halogens is 1. The third-order valence-electron chi connectivity index (χ3n) is 2.36. The first-order valence-electron chi connectivity index (χ1n) is 4.88. The monoisotopic (exact) mass is 213 g/mol. The quantitative estimate of drug-likeness (QED) is 0.831. The Hall–Kier alpha value is -1.00. The molecule has 2 atom stereocenters. The molecule has 1 heterocycles. The molecule has 0 spiro atoms. The van der Waals surface area contributed by atoms with Gasteiger partial charge in [-0.05, 0) is 12.0 Å². The minimum absolute atomic E-state index is 0.109. The second-order valence-corrected chi connectivity index (χ2v) is 3.79. The zero-order chi connectivity index (χ0) is 11.4. The molecule has 0 radical (unpaired) electrons. The molecule has 0 saturated heterocycles. The maximum Gasteiger partial charge on any atom is 0.147 e. The normalized spacial score (nSPS) is 15.3. The molecule has 1 N–H and O–H groups in total. The molecule has 1 aromatic heterocycles. The van der Waals surface area contributed by atoms with Crippen molar-refractivity contribution in [1.82, 2.24) is 4.98 Å². The Balaban J connectivity index is 2.92. The molecule has 0 aliphatic rings. The van der Waals surface area contributed by atoms with Gasteiger partial charge in [-0.25, -0.2) is 4.39 Å². The number of nitrogens with zero attached hydrogens (tertiary/aromatic N) is 1. The van der Waals surface area contributed by atoms with Gasteiger partial charge >= 0.3 is 0 Å². The summed E-state index contributed by atoms with van der Waals surface area (Å²) in [4.78, 5) is 3.63. The fourth-order valence-corrected chi connectivity index (χ4v) is 1.57. The van der Waals surface area contributed by atoms with Gasteiger partial charge in [0, 0.05) is 18.9 Å². The Labute approximate surface area is 88.9 Å². The van der Waals surface area contributed by atoms with Crippen molar-refractivity contribution in [1.29, 1.82) is 0 Å². The first-order chi connectivity index (χ1) is 7.07. The minimum Gasteiger partial charge on any atom is -0.386 e. The molecule has 0 saturated carbocycles. The van der Waals surface area contributed by atoms with Crippen molar-refractivity contribution < 1.29 is 14.2 Å². The number of ether oxygens (including phenoxy) is 1. The van der Waals surface area contributed by atoms with E-state index in [1.165, 1.54) is 19.4 Å². The minimum atomic E-state index is -0.960. The molecule has 0 aliphatic heterocycles. The fourth-order valence-electron chi connectivity index (χ4n) is 1.57. The zero-order valence-corrected chi connectivity index (χ0v) is 9.14. The lowest BCUT2D eigenvalue weighted by Crippen LogP contribution is -2.27. The molecule has 1 rings (SSSR count). The van der Waals surface area contributed by atoms with Gasteiger partial charge in [-0.2, -0.15) is 0 Å². The van der Waals surface area contributed by atoms with Gasteiger partial charge in [0.2, 0.25) is 0 Å². The van der Waals surface area contributed by atoms with E-state index < -0.39 is 18.0 Å². The van der Waals surface area contributed by atoms with Crippen LogP contribution >= 0.6 is 0 Å². The molecular weight excluding hydrogens is 197 g/mol. The summed E-state index contributed by atoms with van der Waals surface area (Å²) in [6.45, 7) is 3.83. The Morgan fingerprint density at radius 3 is 2.60 bits per heavy atom. The molecule has 3 nitrogen and oxygen atoms in total. The van der Waals surface area contributed by atoms with E-state index in [2.05, 4.69) is 4.98 Å². The molecule has 0 aromatic carbocycles. The van der Waals surface area contributed by atoms with Crippen LogP contribution in [0.4, 0.5) is 4.39 Å². The molecular formula is C11H16FNO2. The van der Waals surface area contributed by atoms with Gasteiger partial charge in [-0.15, -0.1) is 0 Å². The first-order valence-corrected chi connectivity index (χ1v) is 4.88. The van der Waals surface area contributed by atoms with Gasteiger partial charge in [0.15, 0.2) is 0 Å². The maximum atomic E-state index is 13.3. The number of rotatable bonds is 4.